The molecular weight excluding hydrogens is 406 g/mol. The van der Waals surface area contributed by atoms with E-state index in [-0.39, 0.29) is 11.6 Å². The van der Waals surface area contributed by atoms with E-state index >= 15 is 0 Å². The van der Waals surface area contributed by atoms with Crippen LogP contribution in [0, 0.1) is 6.92 Å². The van der Waals surface area contributed by atoms with Gasteiger partial charge in [0, 0.05) is 24.4 Å². The molecule has 9 nitrogen and oxygen atoms in total. The van der Waals surface area contributed by atoms with Gasteiger partial charge in [-0.1, -0.05) is 29.8 Å². The van der Waals surface area contributed by atoms with E-state index in [0.29, 0.717) is 34.8 Å². The lowest BCUT2D eigenvalue weighted by Crippen LogP contribution is -2.41. The van der Waals surface area contributed by atoms with Crippen molar-refractivity contribution in [2.24, 2.45) is 0 Å². The number of hydrogen-bond donors (Lipinski definition) is 2. The number of benzene rings is 1. The van der Waals surface area contributed by atoms with E-state index in [9.17, 15) is 4.79 Å². The molecule has 3 aromatic heterocycles. The molecule has 0 saturated heterocycles. The number of methoxy groups -OCH3 is 1. The third-order valence-corrected chi connectivity index (χ3v) is 5.27. The molecule has 0 aliphatic heterocycles. The Morgan fingerprint density at radius 2 is 1.91 bits per heavy atom. The molecule has 0 fully saturated rings. The summed E-state index contributed by atoms with van der Waals surface area (Å²) in [6.07, 6.45) is 2.96. The summed E-state index contributed by atoms with van der Waals surface area (Å²) in [5, 5.41) is 8.46. The first-order valence-corrected chi connectivity index (χ1v) is 10.1. The normalized spacial score (nSPS) is 11.5. The zero-order valence-corrected chi connectivity index (χ0v) is 18.5. The Kier molecular flexibility index (Phi) is 5.48. The topological polar surface area (TPSA) is 121 Å². The minimum Gasteiger partial charge on any atom is -0.497 e. The number of hydrogen-bond acceptors (Lipinski definition) is 7. The number of carbonyl (C=O) groups excluding carboxylic acids is 1. The van der Waals surface area contributed by atoms with E-state index in [2.05, 4.69) is 20.3 Å². The highest BCUT2D eigenvalue weighted by molar-refractivity contribution is 5.98. The second-order valence-electron chi connectivity index (χ2n) is 8.16. The van der Waals surface area contributed by atoms with Gasteiger partial charge in [0.05, 0.1) is 18.0 Å². The average molecular weight is 432 g/mol. The minimum atomic E-state index is -0.615. The van der Waals surface area contributed by atoms with Gasteiger partial charge in [0.2, 0.25) is 0 Å². The maximum atomic E-state index is 12.7. The molecule has 0 aliphatic rings. The van der Waals surface area contributed by atoms with Crippen LogP contribution in [0.25, 0.3) is 22.3 Å². The molecule has 0 radical (unpaired) electrons. The zero-order chi connectivity index (χ0) is 22.9. The minimum absolute atomic E-state index is 0.275. The molecule has 1 aromatic carbocycles. The maximum absolute atomic E-state index is 12.7. The number of nitrogens with two attached hydrogens (primary N) is 1. The fourth-order valence-corrected chi connectivity index (χ4v) is 3.43. The highest BCUT2D eigenvalue weighted by Crippen LogP contribution is 2.33. The van der Waals surface area contributed by atoms with Crippen molar-refractivity contribution in [3.8, 4) is 17.0 Å². The fourth-order valence-electron chi connectivity index (χ4n) is 3.43. The number of nitrogens with zero attached hydrogens (tertiary/aromatic N) is 5. The molecule has 3 heterocycles. The van der Waals surface area contributed by atoms with Gasteiger partial charge in [-0.3, -0.25) is 9.78 Å². The standard InChI is InChI=1S/C23H25N7O2/c1-14-5-7-15(8-6-14)19-18-20(24)27-13-28-21(18)30(29-19)23(2,3)12-26-22(31)17-11-16(32-4)9-10-25-17/h5-11,13H,12H2,1-4H3,(H,26,31)(H2,24,27,28). The van der Waals surface area contributed by atoms with Crippen LogP contribution in [-0.2, 0) is 5.54 Å². The smallest absolute Gasteiger partial charge is 0.270 e. The summed E-state index contributed by atoms with van der Waals surface area (Å²) in [5.41, 5.74) is 9.24. The van der Waals surface area contributed by atoms with Gasteiger partial charge in [0.1, 0.15) is 29.3 Å². The molecule has 1 amide bonds. The molecule has 4 rings (SSSR count). The molecule has 0 bridgehead atoms. The average Bonchev–Trinajstić information content (AvgIpc) is 3.20. The van der Waals surface area contributed by atoms with Crippen LogP contribution in [0.4, 0.5) is 5.82 Å². The number of anilines is 1. The molecule has 0 unspecified atom stereocenters. The van der Waals surface area contributed by atoms with Crippen LogP contribution < -0.4 is 15.8 Å². The molecule has 3 N–H and O–H groups in total. The van der Waals surface area contributed by atoms with Gasteiger partial charge in [-0.2, -0.15) is 5.10 Å². The predicted octanol–water partition coefficient (Wildman–Crippen LogP) is 2.95. The number of amides is 1. The summed E-state index contributed by atoms with van der Waals surface area (Å²) >= 11 is 0. The van der Waals surface area contributed by atoms with E-state index in [0.717, 1.165) is 11.1 Å². The van der Waals surface area contributed by atoms with Crippen LogP contribution in [0.1, 0.15) is 29.9 Å². The van der Waals surface area contributed by atoms with Crippen LogP contribution in [0.15, 0.2) is 48.9 Å². The summed E-state index contributed by atoms with van der Waals surface area (Å²) < 4.78 is 6.96. The van der Waals surface area contributed by atoms with Gasteiger partial charge in [0.25, 0.3) is 5.91 Å². The molecular formula is C23H25N7O2. The Morgan fingerprint density at radius 3 is 2.62 bits per heavy atom. The number of rotatable bonds is 6. The van der Waals surface area contributed by atoms with Gasteiger partial charge in [0.15, 0.2) is 5.65 Å². The van der Waals surface area contributed by atoms with Gasteiger partial charge in [-0.05, 0) is 26.8 Å². The number of pyridine rings is 1. The fraction of sp³-hybridized carbons (Fsp3) is 0.261. The van der Waals surface area contributed by atoms with Crippen LogP contribution in [0.2, 0.25) is 0 Å². The first-order chi connectivity index (χ1) is 15.3. The molecule has 0 atom stereocenters. The maximum Gasteiger partial charge on any atom is 0.270 e. The largest absolute Gasteiger partial charge is 0.497 e. The second kappa shape index (κ2) is 8.26. The second-order valence-corrected chi connectivity index (χ2v) is 8.16. The van der Waals surface area contributed by atoms with Gasteiger partial charge < -0.3 is 15.8 Å². The highest BCUT2D eigenvalue weighted by Gasteiger charge is 2.28. The summed E-state index contributed by atoms with van der Waals surface area (Å²) in [7, 11) is 1.54. The lowest BCUT2D eigenvalue weighted by atomic mass is 10.1. The van der Waals surface area contributed by atoms with Crippen LogP contribution in [0.5, 0.6) is 5.75 Å². The Labute approximate surface area is 185 Å². The van der Waals surface area contributed by atoms with E-state index in [1.165, 1.54) is 12.5 Å². The van der Waals surface area contributed by atoms with E-state index in [1.807, 2.05) is 45.0 Å². The van der Waals surface area contributed by atoms with Crippen LogP contribution >= 0.6 is 0 Å². The highest BCUT2D eigenvalue weighted by atomic mass is 16.5. The summed E-state index contributed by atoms with van der Waals surface area (Å²) in [4.78, 5) is 25.4. The quantitative estimate of drug-likeness (QED) is 0.481. The third-order valence-electron chi connectivity index (χ3n) is 5.27. The first-order valence-electron chi connectivity index (χ1n) is 10.1. The van der Waals surface area contributed by atoms with Crippen molar-refractivity contribution in [1.82, 2.24) is 30.0 Å². The Morgan fingerprint density at radius 1 is 1.16 bits per heavy atom. The Hall–Kier alpha value is -4.01. The summed E-state index contributed by atoms with van der Waals surface area (Å²) in [6.45, 7) is 6.26. The number of aromatic nitrogens is 5. The monoisotopic (exact) mass is 431 g/mol. The molecule has 4 aromatic rings. The van der Waals surface area contributed by atoms with Crippen molar-refractivity contribution in [2.75, 3.05) is 19.4 Å². The number of nitrogens with one attached hydrogen (secondary N) is 1. The summed E-state index contributed by atoms with van der Waals surface area (Å²) in [6, 6.07) is 11.3. The SMILES string of the molecule is COc1ccnc(C(=O)NCC(C)(C)n2nc(-c3ccc(C)cc3)c3c(N)ncnc32)c1. The molecule has 32 heavy (non-hydrogen) atoms. The predicted molar refractivity (Wildman–Crippen MR) is 122 cm³/mol. The van der Waals surface area contributed by atoms with Crippen LogP contribution in [0.3, 0.4) is 0 Å². The van der Waals surface area contributed by atoms with E-state index < -0.39 is 5.54 Å². The number of ether oxygens (including phenoxy) is 1. The van der Waals surface area contributed by atoms with Gasteiger partial charge in [-0.15, -0.1) is 0 Å². The van der Waals surface area contributed by atoms with Crippen molar-refractivity contribution in [3.63, 3.8) is 0 Å². The van der Waals surface area contributed by atoms with Crippen molar-refractivity contribution in [2.45, 2.75) is 26.3 Å². The first kappa shape index (κ1) is 21.2. The summed E-state index contributed by atoms with van der Waals surface area (Å²) in [5.74, 6) is 0.621. The lowest BCUT2D eigenvalue weighted by Gasteiger charge is -2.26. The zero-order valence-electron chi connectivity index (χ0n) is 18.5. The van der Waals surface area contributed by atoms with Gasteiger partial charge in [-0.25, -0.2) is 14.6 Å². The molecule has 9 heteroatoms. The number of fused-ring (bicyclic) bond motifs is 1. The Bertz CT molecular complexity index is 1280. The molecule has 164 valence electrons. The molecule has 0 aliphatic carbocycles. The van der Waals surface area contributed by atoms with E-state index in [4.69, 9.17) is 15.6 Å². The lowest BCUT2D eigenvalue weighted by molar-refractivity contribution is 0.0931. The molecule has 0 spiro atoms. The number of aryl methyl sites for hydroxylation is 1. The Balaban J connectivity index is 1.68. The van der Waals surface area contributed by atoms with Crippen molar-refractivity contribution < 1.29 is 9.53 Å². The van der Waals surface area contributed by atoms with Crippen molar-refractivity contribution in [3.05, 3.63) is 60.2 Å². The third kappa shape index (κ3) is 3.96. The van der Waals surface area contributed by atoms with Crippen molar-refractivity contribution >= 4 is 22.8 Å². The van der Waals surface area contributed by atoms with E-state index in [1.54, 1.807) is 23.9 Å². The van der Waals surface area contributed by atoms with Gasteiger partial charge >= 0.3 is 0 Å². The van der Waals surface area contributed by atoms with Crippen molar-refractivity contribution in [1.29, 1.82) is 0 Å². The molecule has 0 saturated carbocycles. The number of carbonyl (C=O) groups is 1. The number of nitrogen functional groups attached to an aromatic ring is 1. The van der Waals surface area contributed by atoms with Crippen LogP contribution in [-0.4, -0.2) is 44.3 Å².